The Bertz CT molecular complexity index is 1570. The number of benzene rings is 5. The molecule has 0 bridgehead atoms. The minimum absolute atomic E-state index is 1.10. The highest BCUT2D eigenvalue weighted by atomic mass is 15.1. The Morgan fingerprint density at radius 1 is 0.526 bits per heavy atom. The van der Waals surface area contributed by atoms with E-state index in [-0.39, 0.29) is 0 Å². The van der Waals surface area contributed by atoms with Crippen LogP contribution in [0.25, 0.3) is 27.8 Å². The molecule has 1 aliphatic rings. The lowest BCUT2D eigenvalue weighted by molar-refractivity contribution is 1.05. The molecule has 0 fully saturated rings. The largest absolute Gasteiger partial charge is 0.310 e. The number of allylic oxidation sites excluding steroid dienone is 4. The van der Waals surface area contributed by atoms with E-state index in [2.05, 4.69) is 157 Å². The number of hydrogen-bond donors (Lipinski definition) is 0. The molecular formula is C37H31N. The first-order valence-electron chi connectivity index (χ1n) is 13.3. The lowest BCUT2D eigenvalue weighted by Crippen LogP contribution is -2.11. The van der Waals surface area contributed by atoms with E-state index >= 15 is 0 Å². The van der Waals surface area contributed by atoms with Gasteiger partial charge in [0.1, 0.15) is 0 Å². The van der Waals surface area contributed by atoms with E-state index < -0.39 is 0 Å². The highest BCUT2D eigenvalue weighted by molar-refractivity contribution is 5.88. The van der Waals surface area contributed by atoms with Crippen LogP contribution in [0.1, 0.15) is 24.0 Å². The van der Waals surface area contributed by atoms with Crippen molar-refractivity contribution in [3.05, 3.63) is 157 Å². The first-order valence-corrected chi connectivity index (χ1v) is 13.3. The zero-order valence-corrected chi connectivity index (χ0v) is 21.7. The van der Waals surface area contributed by atoms with E-state index in [4.69, 9.17) is 0 Å². The summed E-state index contributed by atoms with van der Waals surface area (Å²) in [6.07, 6.45) is 8.85. The van der Waals surface area contributed by atoms with Gasteiger partial charge in [-0.2, -0.15) is 0 Å². The summed E-state index contributed by atoms with van der Waals surface area (Å²) in [7, 11) is 0. The van der Waals surface area contributed by atoms with Crippen LogP contribution < -0.4 is 4.90 Å². The van der Waals surface area contributed by atoms with Crippen LogP contribution in [0.3, 0.4) is 0 Å². The second-order valence-electron chi connectivity index (χ2n) is 9.84. The van der Waals surface area contributed by atoms with Crippen molar-refractivity contribution in [3.63, 3.8) is 0 Å². The van der Waals surface area contributed by atoms with Crippen LogP contribution in [-0.4, -0.2) is 0 Å². The van der Waals surface area contributed by atoms with Crippen molar-refractivity contribution in [3.8, 4) is 22.3 Å². The summed E-state index contributed by atoms with van der Waals surface area (Å²) in [5.74, 6) is 0. The van der Waals surface area contributed by atoms with Crippen LogP contribution in [0, 0.1) is 6.92 Å². The molecule has 0 heterocycles. The maximum atomic E-state index is 2.36. The van der Waals surface area contributed by atoms with Crippen molar-refractivity contribution in [1.29, 1.82) is 0 Å². The third kappa shape index (κ3) is 4.96. The number of hydrogen-bond acceptors (Lipinski definition) is 1. The van der Waals surface area contributed by atoms with Gasteiger partial charge < -0.3 is 4.90 Å². The zero-order valence-electron chi connectivity index (χ0n) is 21.7. The second-order valence-corrected chi connectivity index (χ2v) is 9.84. The molecule has 0 aromatic heterocycles. The average molecular weight is 490 g/mol. The van der Waals surface area contributed by atoms with Crippen LogP contribution >= 0.6 is 0 Å². The summed E-state index contributed by atoms with van der Waals surface area (Å²) in [4.78, 5) is 2.36. The first-order chi connectivity index (χ1) is 18.8. The van der Waals surface area contributed by atoms with Crippen molar-refractivity contribution >= 4 is 22.6 Å². The van der Waals surface area contributed by atoms with Gasteiger partial charge in [-0.05, 0) is 77.9 Å². The molecule has 0 atom stereocenters. The van der Waals surface area contributed by atoms with Gasteiger partial charge >= 0.3 is 0 Å². The molecule has 184 valence electrons. The first kappa shape index (κ1) is 23.8. The van der Waals surface area contributed by atoms with Crippen molar-refractivity contribution in [2.45, 2.75) is 19.8 Å². The fourth-order valence-corrected chi connectivity index (χ4v) is 5.17. The Labute approximate surface area is 226 Å². The van der Waals surface area contributed by atoms with Gasteiger partial charge in [-0.15, -0.1) is 0 Å². The Balaban J connectivity index is 1.40. The molecule has 0 radical (unpaired) electrons. The molecule has 0 unspecified atom stereocenters. The Kier molecular flexibility index (Phi) is 6.74. The van der Waals surface area contributed by atoms with Crippen molar-refractivity contribution in [1.82, 2.24) is 0 Å². The van der Waals surface area contributed by atoms with Crippen LogP contribution in [0.2, 0.25) is 0 Å². The van der Waals surface area contributed by atoms with Crippen molar-refractivity contribution in [2.24, 2.45) is 0 Å². The lowest BCUT2D eigenvalue weighted by Gasteiger charge is -2.28. The minimum Gasteiger partial charge on any atom is -0.310 e. The molecule has 0 N–H and O–H groups in total. The Hall–Kier alpha value is -4.62. The molecule has 38 heavy (non-hydrogen) atoms. The van der Waals surface area contributed by atoms with Crippen LogP contribution in [0.4, 0.5) is 17.1 Å². The fourth-order valence-electron chi connectivity index (χ4n) is 5.17. The standard InChI is InChI=1S/C37H31N/c1-28-16-18-30(19-17-28)31-20-22-33(23-21-31)36-14-8-9-15-37(36)38(34-12-6-3-7-13-34)35-26-24-32(25-27-35)29-10-4-2-5-11-29/h2-4,6-10,12-27H,5,11H2,1H3. The molecule has 0 saturated heterocycles. The number of nitrogens with zero attached hydrogens (tertiary/aromatic N) is 1. The van der Waals surface area contributed by atoms with Crippen LogP contribution in [0.15, 0.2) is 146 Å². The quantitative estimate of drug-likeness (QED) is 0.229. The molecule has 5 aromatic carbocycles. The van der Waals surface area contributed by atoms with Crippen molar-refractivity contribution in [2.75, 3.05) is 4.90 Å². The molecule has 1 aliphatic carbocycles. The van der Waals surface area contributed by atoms with E-state index in [0.29, 0.717) is 0 Å². The zero-order chi connectivity index (χ0) is 25.7. The molecule has 0 aliphatic heterocycles. The van der Waals surface area contributed by atoms with Gasteiger partial charge in [0.25, 0.3) is 0 Å². The average Bonchev–Trinajstić information content (AvgIpc) is 3.00. The van der Waals surface area contributed by atoms with E-state index in [1.165, 1.54) is 39.0 Å². The van der Waals surface area contributed by atoms with Gasteiger partial charge in [-0.1, -0.05) is 121 Å². The molecule has 0 saturated carbocycles. The van der Waals surface area contributed by atoms with Gasteiger partial charge in [0.05, 0.1) is 5.69 Å². The van der Waals surface area contributed by atoms with Gasteiger partial charge in [0.15, 0.2) is 0 Å². The van der Waals surface area contributed by atoms with Gasteiger partial charge in [0, 0.05) is 16.9 Å². The van der Waals surface area contributed by atoms with Crippen LogP contribution in [-0.2, 0) is 0 Å². The highest BCUT2D eigenvalue weighted by Crippen LogP contribution is 2.41. The predicted octanol–water partition coefficient (Wildman–Crippen LogP) is 10.5. The minimum atomic E-state index is 1.10. The summed E-state index contributed by atoms with van der Waals surface area (Å²) in [5.41, 5.74) is 12.3. The number of rotatable bonds is 6. The van der Waals surface area contributed by atoms with Crippen molar-refractivity contribution < 1.29 is 0 Å². The Morgan fingerprint density at radius 3 is 1.79 bits per heavy atom. The third-order valence-corrected chi connectivity index (χ3v) is 7.25. The van der Waals surface area contributed by atoms with E-state index in [0.717, 1.165) is 29.9 Å². The van der Waals surface area contributed by atoms with E-state index in [9.17, 15) is 0 Å². The monoisotopic (exact) mass is 489 g/mol. The molecule has 1 heteroatoms. The Morgan fingerprint density at radius 2 is 1.11 bits per heavy atom. The van der Waals surface area contributed by atoms with Gasteiger partial charge in [0.2, 0.25) is 0 Å². The van der Waals surface area contributed by atoms with Crippen LogP contribution in [0.5, 0.6) is 0 Å². The summed E-state index contributed by atoms with van der Waals surface area (Å²) in [6.45, 7) is 2.13. The maximum absolute atomic E-state index is 2.36. The molecule has 0 amide bonds. The second kappa shape index (κ2) is 10.8. The SMILES string of the molecule is Cc1ccc(-c2ccc(-c3ccccc3N(c3ccccc3)c3ccc(C4=CC=CCC4)cc3)cc2)cc1. The topological polar surface area (TPSA) is 3.24 Å². The third-order valence-electron chi connectivity index (χ3n) is 7.25. The lowest BCUT2D eigenvalue weighted by atomic mass is 9.96. The summed E-state index contributed by atoms with van der Waals surface area (Å²) in [5, 5.41) is 0. The summed E-state index contributed by atoms with van der Waals surface area (Å²) >= 11 is 0. The molecule has 0 spiro atoms. The fraction of sp³-hybridized carbons (Fsp3) is 0.0811. The normalized spacial score (nSPS) is 12.7. The number of aryl methyl sites for hydroxylation is 1. The molecular weight excluding hydrogens is 458 g/mol. The predicted molar refractivity (Wildman–Crippen MR) is 163 cm³/mol. The summed E-state index contributed by atoms with van der Waals surface area (Å²) in [6, 6.07) is 46.0. The molecule has 5 aromatic rings. The molecule has 6 rings (SSSR count). The van der Waals surface area contributed by atoms with Gasteiger partial charge in [-0.25, -0.2) is 0 Å². The summed E-state index contributed by atoms with van der Waals surface area (Å²) < 4.78 is 0. The maximum Gasteiger partial charge on any atom is 0.0540 e. The number of para-hydroxylation sites is 2. The number of anilines is 3. The van der Waals surface area contributed by atoms with Gasteiger partial charge in [-0.3, -0.25) is 0 Å². The highest BCUT2D eigenvalue weighted by Gasteiger charge is 2.17. The molecule has 1 nitrogen and oxygen atoms in total. The van der Waals surface area contributed by atoms with E-state index in [1.54, 1.807) is 0 Å². The van der Waals surface area contributed by atoms with E-state index in [1.807, 2.05) is 0 Å². The smallest absolute Gasteiger partial charge is 0.0540 e.